The van der Waals surface area contributed by atoms with Crippen molar-refractivity contribution in [3.63, 3.8) is 0 Å². The number of ether oxygens (including phenoxy) is 2. The first-order valence-electron chi connectivity index (χ1n) is 9.43. The van der Waals surface area contributed by atoms with Gasteiger partial charge >= 0.3 is 0 Å². The fraction of sp³-hybridized carbons (Fsp3) is 0.632. The third kappa shape index (κ3) is 5.36. The monoisotopic (exact) mass is 413 g/mol. The number of carbonyl (C=O) groups excluding carboxylic acids is 1. The van der Waals surface area contributed by atoms with Gasteiger partial charge in [-0.1, -0.05) is 13.8 Å². The van der Waals surface area contributed by atoms with Gasteiger partial charge in [-0.05, 0) is 25.0 Å². The zero-order valence-electron chi connectivity index (χ0n) is 17.3. The number of hydrogen-bond donors (Lipinski definition) is 1. The van der Waals surface area contributed by atoms with Gasteiger partial charge in [0.05, 0.1) is 20.8 Å². The Balaban J connectivity index is 2.01. The zero-order valence-corrected chi connectivity index (χ0v) is 18.1. The van der Waals surface area contributed by atoms with E-state index >= 15 is 0 Å². The molecule has 0 spiro atoms. The Labute approximate surface area is 167 Å². The Morgan fingerprint density at radius 1 is 1.11 bits per heavy atom. The normalized spacial score (nSPS) is 17.4. The number of nitrogens with zero attached hydrogens (tertiary/aromatic N) is 2. The smallest absolute Gasteiger partial charge is 0.246 e. The van der Waals surface area contributed by atoms with Crippen LogP contribution in [0.3, 0.4) is 0 Å². The van der Waals surface area contributed by atoms with Gasteiger partial charge in [0, 0.05) is 38.3 Å². The van der Waals surface area contributed by atoms with E-state index in [4.69, 9.17) is 9.47 Å². The Morgan fingerprint density at radius 3 is 2.29 bits per heavy atom. The van der Waals surface area contributed by atoms with Crippen molar-refractivity contribution in [2.75, 3.05) is 46.9 Å². The van der Waals surface area contributed by atoms with E-state index in [2.05, 4.69) is 19.2 Å². The molecule has 0 bridgehead atoms. The number of methoxy groups -OCH3 is 2. The molecule has 1 aromatic rings. The van der Waals surface area contributed by atoms with Crippen LogP contribution in [0.1, 0.15) is 20.8 Å². The minimum absolute atomic E-state index is 0.0352. The average molecular weight is 414 g/mol. The summed E-state index contributed by atoms with van der Waals surface area (Å²) in [6.07, 6.45) is 0. The van der Waals surface area contributed by atoms with E-state index in [1.54, 1.807) is 12.1 Å². The summed E-state index contributed by atoms with van der Waals surface area (Å²) in [4.78, 5) is 14.2. The van der Waals surface area contributed by atoms with Crippen molar-refractivity contribution in [2.45, 2.75) is 31.7 Å². The van der Waals surface area contributed by atoms with Crippen molar-refractivity contribution in [2.24, 2.45) is 5.92 Å². The van der Waals surface area contributed by atoms with Gasteiger partial charge in [-0.15, -0.1) is 0 Å². The highest BCUT2D eigenvalue weighted by molar-refractivity contribution is 7.89. The second-order valence-electron chi connectivity index (χ2n) is 7.30. The quantitative estimate of drug-likeness (QED) is 0.688. The fourth-order valence-corrected chi connectivity index (χ4v) is 4.51. The van der Waals surface area contributed by atoms with Crippen LogP contribution < -0.4 is 14.8 Å². The van der Waals surface area contributed by atoms with Gasteiger partial charge in [-0.2, -0.15) is 4.31 Å². The van der Waals surface area contributed by atoms with Crippen molar-refractivity contribution in [1.29, 1.82) is 0 Å². The van der Waals surface area contributed by atoms with E-state index in [0.717, 1.165) is 0 Å². The van der Waals surface area contributed by atoms with Crippen molar-refractivity contribution >= 4 is 15.9 Å². The Morgan fingerprint density at radius 2 is 1.75 bits per heavy atom. The number of sulfonamides is 1. The summed E-state index contributed by atoms with van der Waals surface area (Å²) in [5.74, 6) is 1.06. The van der Waals surface area contributed by atoms with E-state index in [1.807, 2.05) is 11.8 Å². The van der Waals surface area contributed by atoms with E-state index in [0.29, 0.717) is 37.8 Å². The highest BCUT2D eigenvalue weighted by atomic mass is 32.2. The topological polar surface area (TPSA) is 88.2 Å². The molecule has 0 saturated carbocycles. The molecule has 1 aliphatic heterocycles. The molecule has 1 heterocycles. The highest BCUT2D eigenvalue weighted by Gasteiger charge is 2.31. The molecule has 8 nitrogen and oxygen atoms in total. The molecule has 1 N–H and O–H groups in total. The molecule has 0 radical (unpaired) electrons. The minimum Gasteiger partial charge on any atom is -0.497 e. The maximum atomic E-state index is 13.1. The predicted octanol–water partition coefficient (Wildman–Crippen LogP) is 1.17. The largest absolute Gasteiger partial charge is 0.497 e. The minimum atomic E-state index is -3.72. The van der Waals surface area contributed by atoms with Crippen molar-refractivity contribution in [1.82, 2.24) is 14.5 Å². The molecule has 1 atom stereocenters. The summed E-state index contributed by atoms with van der Waals surface area (Å²) >= 11 is 0. The van der Waals surface area contributed by atoms with E-state index < -0.39 is 10.0 Å². The van der Waals surface area contributed by atoms with Crippen LogP contribution in [0.5, 0.6) is 11.5 Å². The van der Waals surface area contributed by atoms with Gasteiger partial charge in [0.15, 0.2) is 0 Å². The van der Waals surface area contributed by atoms with Crippen molar-refractivity contribution in [3.8, 4) is 11.5 Å². The summed E-state index contributed by atoms with van der Waals surface area (Å²) < 4.78 is 38.0. The van der Waals surface area contributed by atoms with Crippen LogP contribution in [0.4, 0.5) is 0 Å². The van der Waals surface area contributed by atoms with Gasteiger partial charge < -0.3 is 14.8 Å². The van der Waals surface area contributed by atoms with Crippen molar-refractivity contribution in [3.05, 3.63) is 18.2 Å². The highest BCUT2D eigenvalue weighted by Crippen LogP contribution is 2.31. The molecule has 0 aliphatic carbocycles. The molecule has 1 amide bonds. The third-order valence-electron chi connectivity index (χ3n) is 5.08. The molecule has 1 aromatic carbocycles. The van der Waals surface area contributed by atoms with Gasteiger partial charge in [0.2, 0.25) is 15.9 Å². The predicted molar refractivity (Wildman–Crippen MR) is 107 cm³/mol. The molecule has 1 fully saturated rings. The third-order valence-corrected chi connectivity index (χ3v) is 7.00. The Bertz CT molecular complexity index is 774. The van der Waals surface area contributed by atoms with Gasteiger partial charge in [0.25, 0.3) is 0 Å². The summed E-state index contributed by atoms with van der Waals surface area (Å²) in [6, 6.07) is 4.82. The fourth-order valence-electron chi connectivity index (χ4n) is 2.92. The number of nitrogens with one attached hydrogen (secondary N) is 1. The number of benzene rings is 1. The van der Waals surface area contributed by atoms with Crippen LogP contribution in [0.25, 0.3) is 0 Å². The van der Waals surface area contributed by atoms with Crippen LogP contribution in [-0.2, 0) is 14.8 Å². The molecule has 0 aromatic heterocycles. The lowest BCUT2D eigenvalue weighted by Crippen LogP contribution is -2.52. The first-order chi connectivity index (χ1) is 13.2. The molecule has 0 unspecified atom stereocenters. The van der Waals surface area contributed by atoms with Crippen LogP contribution >= 0.6 is 0 Å². The molecule has 28 heavy (non-hydrogen) atoms. The van der Waals surface area contributed by atoms with E-state index in [1.165, 1.54) is 24.6 Å². The maximum absolute atomic E-state index is 13.1. The molecule has 158 valence electrons. The summed E-state index contributed by atoms with van der Waals surface area (Å²) in [5, 5.41) is 2.98. The number of piperazine rings is 1. The lowest BCUT2D eigenvalue weighted by atomic mass is 10.1. The first-order valence-corrected chi connectivity index (χ1v) is 10.9. The van der Waals surface area contributed by atoms with Gasteiger partial charge in [0.1, 0.15) is 16.4 Å². The Hall–Kier alpha value is -1.84. The first kappa shape index (κ1) is 22.4. The van der Waals surface area contributed by atoms with E-state index in [-0.39, 0.29) is 29.1 Å². The zero-order chi connectivity index (χ0) is 20.9. The van der Waals surface area contributed by atoms with Crippen LogP contribution in [-0.4, -0.2) is 76.5 Å². The SMILES string of the molecule is COc1ccc(OC)c(S(=O)(=O)N2CCN(CC(=O)N[C@@H](C)C(C)C)CC2)c1. The molecular weight excluding hydrogens is 382 g/mol. The Kier molecular flexibility index (Phi) is 7.68. The second kappa shape index (κ2) is 9.58. The molecule has 1 aliphatic rings. The average Bonchev–Trinajstić information content (AvgIpc) is 2.67. The molecule has 9 heteroatoms. The summed E-state index contributed by atoms with van der Waals surface area (Å²) in [6.45, 7) is 7.99. The lowest BCUT2D eigenvalue weighted by molar-refractivity contribution is -0.123. The maximum Gasteiger partial charge on any atom is 0.246 e. The number of hydrogen-bond acceptors (Lipinski definition) is 6. The number of amides is 1. The van der Waals surface area contributed by atoms with Gasteiger partial charge in [-0.3, -0.25) is 9.69 Å². The van der Waals surface area contributed by atoms with E-state index in [9.17, 15) is 13.2 Å². The van der Waals surface area contributed by atoms with Crippen molar-refractivity contribution < 1.29 is 22.7 Å². The second-order valence-corrected chi connectivity index (χ2v) is 9.20. The van der Waals surface area contributed by atoms with Crippen LogP contribution in [0.2, 0.25) is 0 Å². The molecule has 2 rings (SSSR count). The van der Waals surface area contributed by atoms with Gasteiger partial charge in [-0.25, -0.2) is 8.42 Å². The number of rotatable bonds is 8. The standard InChI is InChI=1S/C19H31N3O5S/c1-14(2)15(3)20-19(23)13-21-8-10-22(11-9-21)28(24,25)18-12-16(26-4)6-7-17(18)27-5/h6-7,12,14-15H,8-11,13H2,1-5H3,(H,20,23)/t15-/m0/s1. The molecular formula is C19H31N3O5S. The number of carbonyl (C=O) groups is 1. The lowest BCUT2D eigenvalue weighted by Gasteiger charge is -2.34. The summed E-state index contributed by atoms with van der Waals surface area (Å²) in [5.41, 5.74) is 0. The summed E-state index contributed by atoms with van der Waals surface area (Å²) in [7, 11) is -0.790. The van der Waals surface area contributed by atoms with Crippen LogP contribution in [0.15, 0.2) is 23.1 Å². The molecule has 1 saturated heterocycles. The van der Waals surface area contributed by atoms with Crippen LogP contribution in [0, 0.1) is 5.92 Å².